The first-order chi connectivity index (χ1) is 10.8. The lowest BCUT2D eigenvalue weighted by Gasteiger charge is -2.11. The summed E-state index contributed by atoms with van der Waals surface area (Å²) >= 11 is 0. The summed E-state index contributed by atoms with van der Waals surface area (Å²) in [6, 6.07) is 13.0. The fourth-order valence-corrected chi connectivity index (χ4v) is 1.99. The van der Waals surface area contributed by atoms with Crippen LogP contribution in [-0.2, 0) is 0 Å². The van der Waals surface area contributed by atoms with Crippen molar-refractivity contribution in [2.24, 2.45) is 0 Å². The maximum atomic E-state index is 10.7. The second-order valence-corrected chi connectivity index (χ2v) is 4.47. The fraction of sp³-hybridized carbons (Fsp3) is 0.0625. The molecule has 0 spiro atoms. The summed E-state index contributed by atoms with van der Waals surface area (Å²) in [6.45, 7) is 0. The van der Waals surface area contributed by atoms with E-state index in [0.29, 0.717) is 16.8 Å². The molecule has 0 atom stereocenters. The molecular formula is C16H14N2O4. The number of hydrogen-bond acceptors (Lipinski definition) is 5. The molecular weight excluding hydrogens is 284 g/mol. The minimum absolute atomic E-state index is 0.446. The van der Waals surface area contributed by atoms with Crippen molar-refractivity contribution >= 4 is 17.2 Å². The van der Waals surface area contributed by atoms with Crippen molar-refractivity contribution in [1.29, 1.82) is 0 Å². The van der Waals surface area contributed by atoms with Crippen molar-refractivity contribution in [2.45, 2.75) is 0 Å². The molecule has 0 radical (unpaired) electrons. The second-order valence-electron chi connectivity index (χ2n) is 4.47. The lowest BCUT2D eigenvalue weighted by atomic mass is 10.2. The molecule has 2 N–H and O–H groups in total. The summed E-state index contributed by atoms with van der Waals surface area (Å²) in [7, 11) is 1.56. The van der Waals surface area contributed by atoms with Crippen LogP contribution < -0.4 is 20.8 Å². The first kappa shape index (κ1) is 13.8. The number of rotatable bonds is 1. The predicted octanol–water partition coefficient (Wildman–Crippen LogP) is 2.68. The molecule has 112 valence electrons. The number of ether oxygens (including phenoxy) is 1. The van der Waals surface area contributed by atoms with Crippen LogP contribution in [-0.4, -0.2) is 12.1 Å². The molecule has 0 aliphatic carbocycles. The van der Waals surface area contributed by atoms with E-state index in [9.17, 15) is 4.79 Å². The Morgan fingerprint density at radius 2 is 2.00 bits per heavy atom. The van der Waals surface area contributed by atoms with Gasteiger partial charge in [0, 0.05) is 17.8 Å². The minimum atomic E-state index is -0.446. The summed E-state index contributed by atoms with van der Waals surface area (Å²) in [5.74, 6) is 1.11. The Kier molecular flexibility index (Phi) is 3.82. The van der Waals surface area contributed by atoms with Gasteiger partial charge in [-0.2, -0.15) is 0 Å². The van der Waals surface area contributed by atoms with Gasteiger partial charge in [-0.05, 0) is 24.3 Å². The molecule has 0 fully saturated rings. The molecule has 22 heavy (non-hydrogen) atoms. The Morgan fingerprint density at radius 1 is 1.14 bits per heavy atom. The molecule has 1 aliphatic rings. The highest BCUT2D eigenvalue weighted by atomic mass is 16.6. The summed E-state index contributed by atoms with van der Waals surface area (Å²) in [6.07, 6.45) is 3.74. The third-order valence-corrected chi connectivity index (χ3v) is 3.05. The Labute approximate surface area is 125 Å². The molecule has 0 bridgehead atoms. The van der Waals surface area contributed by atoms with Gasteiger partial charge in [0.2, 0.25) is 0 Å². The lowest BCUT2D eigenvalue weighted by molar-refractivity contribution is 0.239. The number of hydrogen-bond donors (Lipinski definition) is 2. The molecule has 2 aromatic carbocycles. The van der Waals surface area contributed by atoms with Crippen molar-refractivity contribution in [3.05, 3.63) is 64.8 Å². The number of H-pyrrole nitrogens is 1. The topological polar surface area (TPSA) is 76.5 Å². The molecule has 6 heteroatoms. The third-order valence-electron chi connectivity index (χ3n) is 3.05. The number of aromatic nitrogens is 1. The number of oxazole rings is 1. The molecule has 0 saturated carbocycles. The van der Waals surface area contributed by atoms with Gasteiger partial charge < -0.3 is 14.0 Å². The molecule has 6 nitrogen and oxygen atoms in total. The maximum absolute atomic E-state index is 10.7. The van der Waals surface area contributed by atoms with E-state index in [1.165, 1.54) is 0 Å². The third kappa shape index (κ3) is 2.95. The van der Waals surface area contributed by atoms with Crippen LogP contribution in [0.4, 0.5) is 0 Å². The highest BCUT2D eigenvalue weighted by molar-refractivity contribution is 5.73. The fourth-order valence-electron chi connectivity index (χ4n) is 1.99. The van der Waals surface area contributed by atoms with E-state index < -0.39 is 5.76 Å². The quantitative estimate of drug-likeness (QED) is 0.722. The molecule has 3 aromatic rings. The molecule has 0 saturated heterocycles. The van der Waals surface area contributed by atoms with E-state index in [0.717, 1.165) is 11.3 Å². The lowest BCUT2D eigenvalue weighted by Crippen LogP contribution is -2.13. The van der Waals surface area contributed by atoms with Crippen LogP contribution in [0.5, 0.6) is 11.5 Å². The first-order valence-corrected chi connectivity index (χ1v) is 6.61. The monoisotopic (exact) mass is 298 g/mol. The van der Waals surface area contributed by atoms with Gasteiger partial charge in [-0.25, -0.2) is 10.3 Å². The smallest absolute Gasteiger partial charge is 0.417 e. The zero-order chi connectivity index (χ0) is 15.4. The van der Waals surface area contributed by atoms with Crippen molar-refractivity contribution in [2.75, 3.05) is 7.11 Å². The van der Waals surface area contributed by atoms with Crippen LogP contribution >= 0.6 is 0 Å². The van der Waals surface area contributed by atoms with E-state index >= 15 is 0 Å². The summed E-state index contributed by atoms with van der Waals surface area (Å²) in [5, 5.41) is 0. The van der Waals surface area contributed by atoms with Crippen molar-refractivity contribution in [3.63, 3.8) is 0 Å². The summed E-state index contributed by atoms with van der Waals surface area (Å²) in [4.78, 5) is 18.3. The van der Waals surface area contributed by atoms with E-state index in [-0.39, 0.29) is 0 Å². The van der Waals surface area contributed by atoms with Crippen LogP contribution in [0.1, 0.15) is 5.56 Å². The van der Waals surface area contributed by atoms with Gasteiger partial charge in [-0.3, -0.25) is 4.98 Å². The van der Waals surface area contributed by atoms with Crippen molar-refractivity contribution < 1.29 is 14.0 Å². The predicted molar refractivity (Wildman–Crippen MR) is 82.6 cm³/mol. The highest BCUT2D eigenvalue weighted by Gasteiger charge is 2.02. The molecule has 4 rings (SSSR count). The Morgan fingerprint density at radius 3 is 2.82 bits per heavy atom. The minimum Gasteiger partial charge on any atom is -0.497 e. The highest BCUT2D eigenvalue weighted by Crippen LogP contribution is 2.20. The van der Waals surface area contributed by atoms with Gasteiger partial charge in [0.05, 0.1) is 12.6 Å². The second kappa shape index (κ2) is 6.09. The average molecular weight is 298 g/mol. The number of fused-ring (bicyclic) bond motifs is 2. The van der Waals surface area contributed by atoms with E-state index in [4.69, 9.17) is 14.0 Å². The normalized spacial score (nSPS) is 11.7. The zero-order valence-corrected chi connectivity index (χ0v) is 11.8. The number of methoxy groups -OCH3 is 1. The van der Waals surface area contributed by atoms with Crippen LogP contribution in [0, 0.1) is 0 Å². The van der Waals surface area contributed by atoms with Gasteiger partial charge in [0.1, 0.15) is 5.75 Å². The van der Waals surface area contributed by atoms with Gasteiger partial charge in [0.25, 0.3) is 0 Å². The van der Waals surface area contributed by atoms with Crippen LogP contribution in [0.25, 0.3) is 17.2 Å². The summed E-state index contributed by atoms with van der Waals surface area (Å²) in [5.41, 5.74) is 4.97. The maximum Gasteiger partial charge on any atom is 0.417 e. The zero-order valence-electron chi connectivity index (χ0n) is 11.8. The standard InChI is InChI=1S/C8H7NO3.C8H7NO/c1-11-5-2-3-6-7(4-5)12-8(10)9-6;1-2-4-8-7(3-1)5-6-9-10-8/h2-4H,1H3,(H,9,10);1-6,9H. The van der Waals surface area contributed by atoms with Gasteiger partial charge >= 0.3 is 5.76 Å². The van der Waals surface area contributed by atoms with Crippen LogP contribution in [0.3, 0.4) is 0 Å². The average Bonchev–Trinajstić information content (AvgIpc) is 2.94. The Hall–Kier alpha value is -3.15. The van der Waals surface area contributed by atoms with E-state index in [2.05, 4.69) is 10.5 Å². The van der Waals surface area contributed by atoms with Crippen molar-refractivity contribution in [3.8, 4) is 11.5 Å². The van der Waals surface area contributed by atoms with Gasteiger partial charge in [-0.1, -0.05) is 18.2 Å². The van der Waals surface area contributed by atoms with Crippen LogP contribution in [0.15, 0.2) is 57.9 Å². The number of hydroxylamine groups is 1. The molecule has 1 aromatic heterocycles. The van der Waals surface area contributed by atoms with Gasteiger partial charge in [0.15, 0.2) is 11.3 Å². The number of aromatic amines is 1. The van der Waals surface area contributed by atoms with Crippen LogP contribution in [0.2, 0.25) is 0 Å². The van der Waals surface area contributed by atoms with E-state index in [1.807, 2.05) is 30.3 Å². The number of para-hydroxylation sites is 1. The number of nitrogens with one attached hydrogen (secondary N) is 2. The van der Waals surface area contributed by atoms with E-state index in [1.54, 1.807) is 31.5 Å². The number of benzene rings is 2. The Bertz CT molecular complexity index is 864. The molecule has 0 unspecified atom stereocenters. The van der Waals surface area contributed by atoms with Gasteiger partial charge in [-0.15, -0.1) is 0 Å². The largest absolute Gasteiger partial charge is 0.497 e. The SMILES string of the molecule is C1=Cc2ccccc2ON1.COc1ccc2[nH]c(=O)oc2c1. The molecule has 1 aliphatic heterocycles. The van der Waals surface area contributed by atoms with Crippen molar-refractivity contribution in [1.82, 2.24) is 10.5 Å². The summed E-state index contributed by atoms with van der Waals surface area (Å²) < 4.78 is 9.77. The Balaban J connectivity index is 0.000000133. The molecule has 0 amide bonds. The first-order valence-electron chi connectivity index (χ1n) is 6.61. The molecule has 2 heterocycles.